The molecule has 168 valence electrons. The first-order valence-electron chi connectivity index (χ1n) is 10.4. The van der Waals surface area contributed by atoms with E-state index in [1.54, 1.807) is 60.7 Å². The third-order valence-corrected chi connectivity index (χ3v) is 5.28. The van der Waals surface area contributed by atoms with Crippen LogP contribution in [0.2, 0.25) is 5.02 Å². The minimum atomic E-state index is -0.458. The van der Waals surface area contributed by atoms with E-state index in [0.29, 0.717) is 33.5 Å². The zero-order chi connectivity index (χ0) is 23.5. The molecule has 0 aromatic heterocycles. The highest BCUT2D eigenvalue weighted by atomic mass is 35.5. The number of methoxy groups -OCH3 is 1. The minimum Gasteiger partial charge on any atom is -0.497 e. The van der Waals surface area contributed by atoms with E-state index in [2.05, 4.69) is 5.32 Å². The number of hydrogen-bond donors (Lipinski definition) is 1. The summed E-state index contributed by atoms with van der Waals surface area (Å²) in [5.74, 6) is 0.371. The number of halogens is 1. The Bertz CT molecular complexity index is 1220. The van der Waals surface area contributed by atoms with E-state index < -0.39 is 11.8 Å². The van der Waals surface area contributed by atoms with E-state index >= 15 is 0 Å². The zero-order valence-corrected chi connectivity index (χ0v) is 19.2. The molecule has 0 fully saturated rings. The smallest absolute Gasteiger partial charge is 0.282 e. The molecule has 0 atom stereocenters. The number of ether oxygens (including phenoxy) is 2. The van der Waals surface area contributed by atoms with Crippen molar-refractivity contribution >= 4 is 40.4 Å². The molecule has 1 aliphatic heterocycles. The second-order valence-corrected chi connectivity index (χ2v) is 8.16. The lowest BCUT2D eigenvalue weighted by molar-refractivity contribution is -0.120. The van der Waals surface area contributed by atoms with E-state index in [-0.39, 0.29) is 17.4 Å². The van der Waals surface area contributed by atoms with Crippen LogP contribution in [0, 0.1) is 0 Å². The molecule has 3 aromatic carbocycles. The molecule has 1 aliphatic rings. The SMILES string of the molecule is COc1cccc(N2C(=O)C(Nc3ccc(OC(C)C)cc3)=C(c3ccc(Cl)cc3)C2=O)c1. The van der Waals surface area contributed by atoms with Crippen molar-refractivity contribution in [1.29, 1.82) is 0 Å². The number of amides is 2. The molecule has 33 heavy (non-hydrogen) atoms. The standard InChI is InChI=1S/C26H23ClN2O4/c1-16(2)33-21-13-11-19(12-14-21)28-24-23(17-7-9-18(27)10-8-17)25(30)29(26(24)31)20-5-4-6-22(15-20)32-3/h4-16,28H,1-3H3. The van der Waals surface area contributed by atoms with E-state index in [9.17, 15) is 9.59 Å². The number of hydrogen-bond acceptors (Lipinski definition) is 5. The van der Waals surface area contributed by atoms with Gasteiger partial charge < -0.3 is 14.8 Å². The summed E-state index contributed by atoms with van der Waals surface area (Å²) < 4.78 is 10.9. The topological polar surface area (TPSA) is 67.9 Å². The fraction of sp³-hybridized carbons (Fsp3) is 0.154. The van der Waals surface area contributed by atoms with Gasteiger partial charge in [0.25, 0.3) is 11.8 Å². The first-order valence-corrected chi connectivity index (χ1v) is 10.8. The van der Waals surface area contributed by atoms with E-state index in [1.165, 1.54) is 7.11 Å². The quantitative estimate of drug-likeness (QED) is 0.467. The number of benzene rings is 3. The summed E-state index contributed by atoms with van der Waals surface area (Å²) in [4.78, 5) is 28.1. The van der Waals surface area contributed by atoms with Crippen LogP contribution in [0.15, 0.2) is 78.5 Å². The van der Waals surface area contributed by atoms with Crippen molar-refractivity contribution in [1.82, 2.24) is 0 Å². The van der Waals surface area contributed by atoms with Gasteiger partial charge in [-0.15, -0.1) is 0 Å². The summed E-state index contributed by atoms with van der Waals surface area (Å²) in [5.41, 5.74) is 2.12. The predicted molar refractivity (Wildman–Crippen MR) is 130 cm³/mol. The minimum absolute atomic E-state index is 0.0495. The summed E-state index contributed by atoms with van der Waals surface area (Å²) in [6, 6.07) is 20.9. The first kappa shape index (κ1) is 22.4. The van der Waals surface area contributed by atoms with Gasteiger partial charge in [-0.05, 0) is 67.9 Å². The lowest BCUT2D eigenvalue weighted by atomic mass is 10.0. The molecular formula is C26H23ClN2O4. The second kappa shape index (κ2) is 9.38. The molecule has 2 amide bonds. The maximum atomic E-state index is 13.5. The fourth-order valence-electron chi connectivity index (χ4n) is 3.55. The van der Waals surface area contributed by atoms with E-state index in [4.69, 9.17) is 21.1 Å². The Morgan fingerprint density at radius 1 is 0.879 bits per heavy atom. The third-order valence-electron chi connectivity index (χ3n) is 5.02. The van der Waals surface area contributed by atoms with E-state index in [0.717, 1.165) is 4.90 Å². The van der Waals surface area contributed by atoms with Crippen molar-refractivity contribution < 1.29 is 19.1 Å². The Hall–Kier alpha value is -3.77. The molecule has 0 radical (unpaired) electrons. The van der Waals surface area contributed by atoms with Crippen molar-refractivity contribution in [2.45, 2.75) is 20.0 Å². The average molecular weight is 463 g/mol. The van der Waals surface area contributed by atoms with Gasteiger partial charge >= 0.3 is 0 Å². The van der Waals surface area contributed by atoms with Crippen molar-refractivity contribution in [3.8, 4) is 11.5 Å². The van der Waals surface area contributed by atoms with Crippen molar-refractivity contribution in [3.63, 3.8) is 0 Å². The first-order chi connectivity index (χ1) is 15.9. The largest absolute Gasteiger partial charge is 0.497 e. The van der Waals surface area contributed by atoms with Crippen LogP contribution in [0.25, 0.3) is 5.57 Å². The molecule has 7 heteroatoms. The molecule has 0 unspecified atom stereocenters. The number of carbonyl (C=O) groups excluding carboxylic acids is 2. The molecule has 0 spiro atoms. The van der Waals surface area contributed by atoms with Gasteiger partial charge in [0.2, 0.25) is 0 Å². The second-order valence-electron chi connectivity index (χ2n) is 7.72. The molecule has 1 heterocycles. The van der Waals surface area contributed by atoms with Crippen LogP contribution < -0.4 is 19.7 Å². The highest BCUT2D eigenvalue weighted by Gasteiger charge is 2.40. The van der Waals surface area contributed by atoms with Crippen LogP contribution in [-0.2, 0) is 9.59 Å². The summed E-state index contributed by atoms with van der Waals surface area (Å²) in [7, 11) is 1.53. The Kier molecular flexibility index (Phi) is 6.38. The Labute approximate surface area is 197 Å². The van der Waals surface area contributed by atoms with Gasteiger partial charge in [-0.2, -0.15) is 0 Å². The lowest BCUT2D eigenvalue weighted by Gasteiger charge is -2.16. The molecule has 1 N–H and O–H groups in total. The van der Waals surface area contributed by atoms with Crippen LogP contribution in [0.5, 0.6) is 11.5 Å². The van der Waals surface area contributed by atoms with Crippen molar-refractivity contribution in [3.05, 3.63) is 89.1 Å². The Morgan fingerprint density at radius 3 is 2.21 bits per heavy atom. The third kappa shape index (κ3) is 4.71. The summed E-state index contributed by atoms with van der Waals surface area (Å²) >= 11 is 6.04. The summed E-state index contributed by atoms with van der Waals surface area (Å²) in [6.45, 7) is 3.90. The number of anilines is 2. The fourth-order valence-corrected chi connectivity index (χ4v) is 3.67. The molecule has 0 saturated heterocycles. The number of nitrogens with one attached hydrogen (secondary N) is 1. The maximum absolute atomic E-state index is 13.5. The molecule has 3 aromatic rings. The number of rotatable bonds is 7. The number of carbonyl (C=O) groups is 2. The zero-order valence-electron chi connectivity index (χ0n) is 18.5. The van der Waals surface area contributed by atoms with Crippen LogP contribution in [0.3, 0.4) is 0 Å². The summed E-state index contributed by atoms with van der Waals surface area (Å²) in [5, 5.41) is 3.68. The molecule has 0 aliphatic carbocycles. The lowest BCUT2D eigenvalue weighted by Crippen LogP contribution is -2.32. The van der Waals surface area contributed by atoms with Gasteiger partial charge in [0.05, 0.1) is 24.5 Å². The summed E-state index contributed by atoms with van der Waals surface area (Å²) in [6.07, 6.45) is 0.0495. The number of nitrogens with zero attached hydrogens (tertiary/aromatic N) is 1. The van der Waals surface area contributed by atoms with Crippen LogP contribution >= 0.6 is 11.6 Å². The normalized spacial score (nSPS) is 13.7. The average Bonchev–Trinajstić information content (AvgIpc) is 3.04. The van der Waals surface area contributed by atoms with Crippen LogP contribution in [-0.4, -0.2) is 25.0 Å². The van der Waals surface area contributed by atoms with Crippen molar-refractivity contribution in [2.75, 3.05) is 17.3 Å². The van der Waals surface area contributed by atoms with Gasteiger partial charge in [-0.25, -0.2) is 4.90 Å². The van der Waals surface area contributed by atoms with Gasteiger partial charge in [0.1, 0.15) is 17.2 Å². The molecular weight excluding hydrogens is 440 g/mol. The van der Waals surface area contributed by atoms with Crippen LogP contribution in [0.4, 0.5) is 11.4 Å². The monoisotopic (exact) mass is 462 g/mol. The molecule has 0 saturated carbocycles. The molecule has 0 bridgehead atoms. The van der Waals surface area contributed by atoms with Crippen LogP contribution in [0.1, 0.15) is 19.4 Å². The Balaban J connectivity index is 1.74. The Morgan fingerprint density at radius 2 is 1.58 bits per heavy atom. The van der Waals surface area contributed by atoms with Crippen molar-refractivity contribution in [2.24, 2.45) is 0 Å². The van der Waals surface area contributed by atoms with Gasteiger partial charge in [-0.3, -0.25) is 9.59 Å². The molecule has 6 nitrogen and oxygen atoms in total. The maximum Gasteiger partial charge on any atom is 0.282 e. The highest BCUT2D eigenvalue weighted by molar-refractivity contribution is 6.46. The number of imide groups is 1. The van der Waals surface area contributed by atoms with E-state index in [1.807, 2.05) is 26.0 Å². The molecule has 4 rings (SSSR count). The predicted octanol–water partition coefficient (Wildman–Crippen LogP) is 5.53. The highest BCUT2D eigenvalue weighted by Crippen LogP contribution is 2.35. The van der Waals surface area contributed by atoms with Gasteiger partial charge in [0, 0.05) is 16.8 Å². The van der Waals surface area contributed by atoms with Gasteiger partial charge in [-0.1, -0.05) is 29.8 Å². The van der Waals surface area contributed by atoms with Gasteiger partial charge in [0.15, 0.2) is 0 Å².